The average molecular weight is 237 g/mol. The van der Waals surface area contributed by atoms with Crippen LogP contribution in [0, 0.1) is 5.92 Å². The molecule has 0 aromatic carbocycles. The van der Waals surface area contributed by atoms with Crippen LogP contribution in [0.5, 0.6) is 0 Å². The maximum atomic E-state index is 9.36. The van der Waals surface area contributed by atoms with Crippen LogP contribution in [0.1, 0.15) is 50.5 Å². The SMILES string of the molecule is CC(C)Cn1nc([C@H]2CCCCN2)cc1CO. The highest BCUT2D eigenvalue weighted by Crippen LogP contribution is 2.23. The zero-order valence-electron chi connectivity index (χ0n) is 10.8. The Balaban J connectivity index is 2.14. The first-order valence-corrected chi connectivity index (χ1v) is 6.61. The van der Waals surface area contributed by atoms with Gasteiger partial charge in [-0.05, 0) is 31.4 Å². The molecule has 2 rings (SSSR count). The second-order valence-corrected chi connectivity index (χ2v) is 5.30. The predicted octanol–water partition coefficient (Wildman–Crippen LogP) is 1.85. The van der Waals surface area contributed by atoms with Gasteiger partial charge < -0.3 is 10.4 Å². The van der Waals surface area contributed by atoms with Crippen molar-refractivity contribution in [3.8, 4) is 0 Å². The number of nitrogens with one attached hydrogen (secondary N) is 1. The van der Waals surface area contributed by atoms with E-state index in [4.69, 9.17) is 0 Å². The van der Waals surface area contributed by atoms with Gasteiger partial charge in [-0.3, -0.25) is 4.68 Å². The largest absolute Gasteiger partial charge is 0.390 e. The van der Waals surface area contributed by atoms with Crippen LogP contribution in [0.4, 0.5) is 0 Å². The van der Waals surface area contributed by atoms with Gasteiger partial charge in [0.2, 0.25) is 0 Å². The fourth-order valence-electron chi connectivity index (χ4n) is 2.38. The topological polar surface area (TPSA) is 50.1 Å². The summed E-state index contributed by atoms with van der Waals surface area (Å²) in [5.41, 5.74) is 2.02. The highest BCUT2D eigenvalue weighted by Gasteiger charge is 2.19. The number of hydrogen-bond acceptors (Lipinski definition) is 3. The van der Waals surface area contributed by atoms with Crippen LogP contribution in [-0.4, -0.2) is 21.4 Å². The fourth-order valence-corrected chi connectivity index (χ4v) is 2.38. The van der Waals surface area contributed by atoms with Gasteiger partial charge in [-0.15, -0.1) is 0 Å². The van der Waals surface area contributed by atoms with Gasteiger partial charge in [0.05, 0.1) is 24.0 Å². The van der Waals surface area contributed by atoms with Crippen LogP contribution in [0.25, 0.3) is 0 Å². The van der Waals surface area contributed by atoms with Crippen LogP contribution >= 0.6 is 0 Å². The summed E-state index contributed by atoms with van der Waals surface area (Å²) in [6.07, 6.45) is 3.68. The molecular formula is C13H23N3O. The van der Waals surface area contributed by atoms with Gasteiger partial charge in [0.1, 0.15) is 0 Å². The van der Waals surface area contributed by atoms with Crippen LogP contribution in [0.15, 0.2) is 6.07 Å². The van der Waals surface area contributed by atoms with E-state index in [0.29, 0.717) is 12.0 Å². The molecule has 0 bridgehead atoms. The van der Waals surface area contributed by atoms with Crippen LogP contribution in [-0.2, 0) is 13.2 Å². The first kappa shape index (κ1) is 12.6. The molecule has 96 valence electrons. The maximum absolute atomic E-state index is 9.36. The second-order valence-electron chi connectivity index (χ2n) is 5.30. The van der Waals surface area contributed by atoms with E-state index in [2.05, 4.69) is 24.3 Å². The van der Waals surface area contributed by atoms with Crippen LogP contribution in [0.2, 0.25) is 0 Å². The Morgan fingerprint density at radius 1 is 1.53 bits per heavy atom. The first-order valence-electron chi connectivity index (χ1n) is 6.61. The molecule has 1 fully saturated rings. The summed E-state index contributed by atoms with van der Waals surface area (Å²) in [7, 11) is 0. The van der Waals surface area contributed by atoms with E-state index in [1.54, 1.807) is 0 Å². The predicted molar refractivity (Wildman–Crippen MR) is 67.6 cm³/mol. The third-order valence-corrected chi connectivity index (χ3v) is 3.25. The lowest BCUT2D eigenvalue weighted by atomic mass is 10.0. The summed E-state index contributed by atoms with van der Waals surface area (Å²) in [5, 5.41) is 17.5. The zero-order chi connectivity index (χ0) is 12.3. The Morgan fingerprint density at radius 2 is 2.35 bits per heavy atom. The number of nitrogens with zero attached hydrogens (tertiary/aromatic N) is 2. The van der Waals surface area contributed by atoms with Gasteiger partial charge >= 0.3 is 0 Å². The van der Waals surface area contributed by atoms with E-state index in [0.717, 1.165) is 30.9 Å². The Kier molecular flexibility index (Phi) is 4.18. The maximum Gasteiger partial charge on any atom is 0.0849 e. The lowest BCUT2D eigenvalue weighted by Gasteiger charge is -2.21. The molecule has 1 aromatic rings. The molecule has 2 N–H and O–H groups in total. The van der Waals surface area contributed by atoms with Crippen molar-refractivity contribution in [1.29, 1.82) is 0 Å². The Labute approximate surface area is 103 Å². The van der Waals surface area contributed by atoms with E-state index >= 15 is 0 Å². The molecule has 1 aromatic heterocycles. The molecule has 0 radical (unpaired) electrons. The van der Waals surface area contributed by atoms with Crippen molar-refractivity contribution in [3.05, 3.63) is 17.5 Å². The van der Waals surface area contributed by atoms with Gasteiger partial charge in [0.25, 0.3) is 0 Å². The smallest absolute Gasteiger partial charge is 0.0849 e. The van der Waals surface area contributed by atoms with E-state index in [-0.39, 0.29) is 6.61 Å². The molecule has 1 aliphatic rings. The van der Waals surface area contributed by atoms with E-state index in [1.165, 1.54) is 12.8 Å². The van der Waals surface area contributed by atoms with Crippen molar-refractivity contribution in [2.24, 2.45) is 5.92 Å². The molecule has 17 heavy (non-hydrogen) atoms. The molecule has 0 unspecified atom stereocenters. The second kappa shape index (κ2) is 5.65. The minimum Gasteiger partial charge on any atom is -0.390 e. The number of piperidine rings is 1. The number of aliphatic hydroxyl groups is 1. The highest BCUT2D eigenvalue weighted by molar-refractivity contribution is 5.14. The lowest BCUT2D eigenvalue weighted by molar-refractivity contribution is 0.264. The van der Waals surface area contributed by atoms with Crippen molar-refractivity contribution < 1.29 is 5.11 Å². The van der Waals surface area contributed by atoms with Gasteiger partial charge in [-0.2, -0.15) is 5.10 Å². The summed E-state index contributed by atoms with van der Waals surface area (Å²) in [6, 6.07) is 2.42. The van der Waals surface area contributed by atoms with E-state index in [9.17, 15) is 5.11 Å². The third kappa shape index (κ3) is 3.07. The summed E-state index contributed by atoms with van der Waals surface area (Å²) in [5.74, 6) is 0.548. The molecule has 0 saturated carbocycles. The molecule has 4 nitrogen and oxygen atoms in total. The highest BCUT2D eigenvalue weighted by atomic mass is 16.3. The van der Waals surface area contributed by atoms with Crippen molar-refractivity contribution in [2.75, 3.05) is 6.54 Å². The Hall–Kier alpha value is -0.870. The van der Waals surface area contributed by atoms with Gasteiger partial charge in [-0.25, -0.2) is 0 Å². The monoisotopic (exact) mass is 237 g/mol. The Bertz CT molecular complexity index is 354. The number of aliphatic hydroxyl groups excluding tert-OH is 1. The molecule has 0 aliphatic carbocycles. The summed E-state index contributed by atoms with van der Waals surface area (Å²) >= 11 is 0. The van der Waals surface area contributed by atoms with Gasteiger partial charge in [0.15, 0.2) is 0 Å². The molecule has 0 amide bonds. The quantitative estimate of drug-likeness (QED) is 0.840. The lowest BCUT2D eigenvalue weighted by Crippen LogP contribution is -2.27. The molecular weight excluding hydrogens is 214 g/mol. The van der Waals surface area contributed by atoms with E-state index < -0.39 is 0 Å². The number of hydrogen-bond donors (Lipinski definition) is 2. The van der Waals surface area contributed by atoms with Gasteiger partial charge in [-0.1, -0.05) is 20.3 Å². The standard InChI is InChI=1S/C13H23N3O/c1-10(2)8-16-11(9-17)7-13(15-16)12-5-3-4-6-14-12/h7,10,12,14,17H,3-6,8-9H2,1-2H3/t12-/m1/s1. The van der Waals surface area contributed by atoms with Crippen molar-refractivity contribution >= 4 is 0 Å². The molecule has 1 atom stereocenters. The minimum absolute atomic E-state index is 0.0758. The van der Waals surface area contributed by atoms with Gasteiger partial charge in [0, 0.05) is 6.54 Å². The fraction of sp³-hybridized carbons (Fsp3) is 0.769. The molecule has 1 saturated heterocycles. The van der Waals surface area contributed by atoms with Crippen molar-refractivity contribution in [2.45, 2.75) is 52.3 Å². The number of rotatable bonds is 4. The normalized spacial score (nSPS) is 21.1. The summed E-state index contributed by atoms with van der Waals surface area (Å²) in [4.78, 5) is 0. The minimum atomic E-state index is 0.0758. The first-order chi connectivity index (χ1) is 8.20. The van der Waals surface area contributed by atoms with E-state index in [1.807, 2.05) is 10.7 Å². The Morgan fingerprint density at radius 3 is 2.94 bits per heavy atom. The molecule has 1 aliphatic heterocycles. The summed E-state index contributed by atoms with van der Waals surface area (Å²) in [6.45, 7) is 6.37. The van der Waals surface area contributed by atoms with Crippen LogP contribution < -0.4 is 5.32 Å². The van der Waals surface area contributed by atoms with Crippen molar-refractivity contribution in [3.63, 3.8) is 0 Å². The average Bonchev–Trinajstić information content (AvgIpc) is 2.72. The van der Waals surface area contributed by atoms with Crippen molar-refractivity contribution in [1.82, 2.24) is 15.1 Å². The summed E-state index contributed by atoms with van der Waals surface area (Å²) < 4.78 is 1.95. The third-order valence-electron chi connectivity index (χ3n) is 3.25. The molecule has 0 spiro atoms. The molecule has 2 heterocycles. The number of aromatic nitrogens is 2. The van der Waals surface area contributed by atoms with Crippen LogP contribution in [0.3, 0.4) is 0 Å². The zero-order valence-corrected chi connectivity index (χ0v) is 10.8. The molecule has 4 heteroatoms.